The number of benzene rings is 1. The normalized spacial score (nSPS) is 14.0. The first-order valence-electron chi connectivity index (χ1n) is 6.90. The summed E-state index contributed by atoms with van der Waals surface area (Å²) in [6, 6.07) is 5.33. The molecule has 1 fully saturated rings. The van der Waals surface area contributed by atoms with E-state index >= 15 is 0 Å². The Balaban J connectivity index is 1.76. The van der Waals surface area contributed by atoms with Crippen LogP contribution in [0.4, 0.5) is 20.4 Å². The SMILES string of the molecule is CNc1cc(NCc2ccc(F)cc2F)nc(C2CC2)n1. The highest BCUT2D eigenvalue weighted by Gasteiger charge is 2.27. The Morgan fingerprint density at radius 3 is 2.57 bits per heavy atom. The summed E-state index contributed by atoms with van der Waals surface area (Å²) in [4.78, 5) is 8.86. The van der Waals surface area contributed by atoms with Crippen LogP contribution in [0.2, 0.25) is 0 Å². The number of hydrogen-bond donors (Lipinski definition) is 2. The van der Waals surface area contributed by atoms with Crippen LogP contribution < -0.4 is 10.6 Å². The first-order valence-corrected chi connectivity index (χ1v) is 6.90. The van der Waals surface area contributed by atoms with Crippen LogP contribution in [0.3, 0.4) is 0 Å². The average Bonchev–Trinajstić information content (AvgIpc) is 3.30. The molecule has 110 valence electrons. The number of nitrogens with one attached hydrogen (secondary N) is 2. The number of halogens is 2. The van der Waals surface area contributed by atoms with E-state index in [4.69, 9.17) is 0 Å². The Labute approximate surface area is 121 Å². The Morgan fingerprint density at radius 2 is 1.90 bits per heavy atom. The van der Waals surface area contributed by atoms with E-state index in [0.29, 0.717) is 17.3 Å². The molecule has 2 aromatic rings. The van der Waals surface area contributed by atoms with E-state index in [9.17, 15) is 8.78 Å². The van der Waals surface area contributed by atoms with E-state index in [2.05, 4.69) is 20.6 Å². The molecule has 0 spiro atoms. The van der Waals surface area contributed by atoms with Gasteiger partial charge in [-0.25, -0.2) is 18.7 Å². The molecule has 6 heteroatoms. The predicted octanol–water partition coefficient (Wildman–Crippen LogP) is 3.29. The average molecular weight is 290 g/mol. The van der Waals surface area contributed by atoms with Crippen molar-refractivity contribution in [3.63, 3.8) is 0 Å². The van der Waals surface area contributed by atoms with E-state index < -0.39 is 11.6 Å². The number of hydrogen-bond acceptors (Lipinski definition) is 4. The molecule has 0 radical (unpaired) electrons. The third kappa shape index (κ3) is 3.26. The lowest BCUT2D eigenvalue weighted by Crippen LogP contribution is -2.07. The topological polar surface area (TPSA) is 49.8 Å². The van der Waals surface area contributed by atoms with E-state index in [0.717, 1.165) is 30.6 Å². The van der Waals surface area contributed by atoms with Crippen LogP contribution in [0.25, 0.3) is 0 Å². The summed E-state index contributed by atoms with van der Waals surface area (Å²) < 4.78 is 26.5. The molecular weight excluding hydrogens is 274 g/mol. The molecular formula is C15H16F2N4. The molecule has 1 saturated carbocycles. The zero-order chi connectivity index (χ0) is 14.8. The number of anilines is 2. The molecule has 0 saturated heterocycles. The van der Waals surface area contributed by atoms with Gasteiger partial charge in [-0.2, -0.15) is 0 Å². The summed E-state index contributed by atoms with van der Waals surface area (Å²) in [5, 5.41) is 6.06. The number of rotatable bonds is 5. The van der Waals surface area contributed by atoms with Gasteiger partial charge in [0.05, 0.1) is 0 Å². The van der Waals surface area contributed by atoms with Crippen molar-refractivity contribution in [2.24, 2.45) is 0 Å². The lowest BCUT2D eigenvalue weighted by molar-refractivity contribution is 0.574. The van der Waals surface area contributed by atoms with Crippen molar-refractivity contribution in [1.82, 2.24) is 9.97 Å². The maximum absolute atomic E-state index is 13.6. The highest BCUT2D eigenvalue weighted by Crippen LogP contribution is 2.38. The van der Waals surface area contributed by atoms with Crippen LogP contribution in [-0.2, 0) is 6.54 Å². The predicted molar refractivity (Wildman–Crippen MR) is 77.2 cm³/mol. The van der Waals surface area contributed by atoms with Gasteiger partial charge in [0.25, 0.3) is 0 Å². The summed E-state index contributed by atoms with van der Waals surface area (Å²) in [7, 11) is 1.79. The molecule has 0 atom stereocenters. The fourth-order valence-corrected chi connectivity index (χ4v) is 2.06. The van der Waals surface area contributed by atoms with Gasteiger partial charge in [-0.3, -0.25) is 0 Å². The zero-order valence-corrected chi connectivity index (χ0v) is 11.7. The highest BCUT2D eigenvalue weighted by atomic mass is 19.1. The molecule has 1 aromatic heterocycles. The maximum atomic E-state index is 13.6. The molecule has 1 aromatic carbocycles. The Morgan fingerprint density at radius 1 is 1.14 bits per heavy atom. The Kier molecular flexibility index (Phi) is 3.68. The van der Waals surface area contributed by atoms with Crippen LogP contribution in [-0.4, -0.2) is 17.0 Å². The van der Waals surface area contributed by atoms with Crippen LogP contribution in [0, 0.1) is 11.6 Å². The molecule has 1 aliphatic carbocycles. The van der Waals surface area contributed by atoms with E-state index in [1.807, 2.05) is 0 Å². The van der Waals surface area contributed by atoms with Gasteiger partial charge in [0.15, 0.2) is 0 Å². The van der Waals surface area contributed by atoms with Gasteiger partial charge in [0.2, 0.25) is 0 Å². The van der Waals surface area contributed by atoms with E-state index in [1.54, 1.807) is 13.1 Å². The first-order chi connectivity index (χ1) is 10.2. The van der Waals surface area contributed by atoms with E-state index in [-0.39, 0.29) is 6.54 Å². The summed E-state index contributed by atoms with van der Waals surface area (Å²) in [6.45, 7) is 0.246. The van der Waals surface area contributed by atoms with Crippen molar-refractivity contribution in [3.05, 3.63) is 47.3 Å². The fourth-order valence-electron chi connectivity index (χ4n) is 2.06. The van der Waals surface area contributed by atoms with Gasteiger partial charge < -0.3 is 10.6 Å². The third-order valence-electron chi connectivity index (χ3n) is 3.42. The lowest BCUT2D eigenvalue weighted by Gasteiger charge is -2.10. The maximum Gasteiger partial charge on any atom is 0.136 e. The Bertz CT molecular complexity index is 656. The minimum Gasteiger partial charge on any atom is -0.373 e. The second-order valence-electron chi connectivity index (χ2n) is 5.11. The summed E-state index contributed by atoms with van der Waals surface area (Å²) in [6.07, 6.45) is 2.22. The molecule has 1 heterocycles. The van der Waals surface area contributed by atoms with Crippen molar-refractivity contribution in [2.75, 3.05) is 17.7 Å². The number of nitrogens with zero attached hydrogens (tertiary/aromatic N) is 2. The molecule has 21 heavy (non-hydrogen) atoms. The lowest BCUT2D eigenvalue weighted by atomic mass is 10.2. The minimum absolute atomic E-state index is 0.246. The molecule has 0 amide bonds. The number of aromatic nitrogens is 2. The van der Waals surface area contributed by atoms with Gasteiger partial charge in [-0.05, 0) is 18.9 Å². The van der Waals surface area contributed by atoms with Crippen molar-refractivity contribution in [3.8, 4) is 0 Å². The monoisotopic (exact) mass is 290 g/mol. The first kappa shape index (κ1) is 13.7. The molecule has 0 aliphatic heterocycles. The standard InChI is InChI=1S/C15H16F2N4/c1-18-13-7-14(21-15(20-13)9-2-3-9)19-8-10-4-5-11(16)6-12(10)17/h4-7,9H,2-3,8H2,1H3,(H2,18,19,20,21). The molecule has 0 bridgehead atoms. The molecule has 2 N–H and O–H groups in total. The van der Waals surface area contributed by atoms with Gasteiger partial charge in [-0.1, -0.05) is 6.07 Å². The van der Waals surface area contributed by atoms with Gasteiger partial charge in [-0.15, -0.1) is 0 Å². The van der Waals surface area contributed by atoms with E-state index in [1.165, 1.54) is 12.1 Å². The second-order valence-corrected chi connectivity index (χ2v) is 5.11. The highest BCUT2D eigenvalue weighted by molar-refractivity contribution is 5.48. The van der Waals surface area contributed by atoms with Crippen molar-refractivity contribution in [1.29, 1.82) is 0 Å². The largest absolute Gasteiger partial charge is 0.373 e. The van der Waals surface area contributed by atoms with Gasteiger partial charge >= 0.3 is 0 Å². The molecule has 4 nitrogen and oxygen atoms in total. The molecule has 0 unspecified atom stereocenters. The van der Waals surface area contributed by atoms with Crippen molar-refractivity contribution < 1.29 is 8.78 Å². The van der Waals surface area contributed by atoms with Crippen LogP contribution in [0.5, 0.6) is 0 Å². The second kappa shape index (κ2) is 5.63. The smallest absolute Gasteiger partial charge is 0.136 e. The van der Waals surface area contributed by atoms with Crippen LogP contribution in [0.1, 0.15) is 30.1 Å². The fraction of sp³-hybridized carbons (Fsp3) is 0.333. The third-order valence-corrected chi connectivity index (χ3v) is 3.42. The summed E-state index contributed by atoms with van der Waals surface area (Å²) in [5.74, 6) is 1.47. The van der Waals surface area contributed by atoms with Crippen LogP contribution in [0.15, 0.2) is 24.3 Å². The van der Waals surface area contributed by atoms with Crippen LogP contribution >= 0.6 is 0 Å². The van der Waals surface area contributed by atoms with Crippen molar-refractivity contribution >= 4 is 11.6 Å². The Hall–Kier alpha value is -2.24. The van der Waals surface area contributed by atoms with Crippen molar-refractivity contribution in [2.45, 2.75) is 25.3 Å². The molecule has 1 aliphatic rings. The summed E-state index contributed by atoms with van der Waals surface area (Å²) in [5.41, 5.74) is 0.397. The summed E-state index contributed by atoms with van der Waals surface area (Å²) >= 11 is 0. The van der Waals surface area contributed by atoms with Gasteiger partial charge in [0.1, 0.15) is 29.1 Å². The van der Waals surface area contributed by atoms with Gasteiger partial charge in [0, 0.05) is 37.2 Å². The molecule has 3 rings (SSSR count). The minimum atomic E-state index is -0.577. The zero-order valence-electron chi connectivity index (χ0n) is 11.7. The quantitative estimate of drug-likeness (QED) is 0.887.